The lowest BCUT2D eigenvalue weighted by Gasteiger charge is -2.14. The van der Waals surface area contributed by atoms with Crippen LogP contribution in [-0.2, 0) is 14.3 Å². The average molecular weight is 210 g/mol. The molecule has 0 saturated heterocycles. The normalized spacial score (nSPS) is 15.7. The van der Waals surface area contributed by atoms with Gasteiger partial charge in [0.2, 0.25) is 0 Å². The number of carboxylic acids is 1. The minimum absolute atomic E-state index is 0.0481. The van der Waals surface area contributed by atoms with Crippen LogP contribution < -0.4 is 0 Å². The van der Waals surface area contributed by atoms with Gasteiger partial charge in [-0.1, -0.05) is 12.2 Å². The molecule has 4 nitrogen and oxygen atoms in total. The molecule has 0 aromatic heterocycles. The minimum Gasteiger partial charge on any atom is -0.478 e. The van der Waals surface area contributed by atoms with Crippen LogP contribution in [0, 0.1) is 0 Å². The Morgan fingerprint density at radius 3 is 2.27 bits per heavy atom. The molecule has 1 aliphatic rings. The fourth-order valence-corrected chi connectivity index (χ4v) is 1.35. The van der Waals surface area contributed by atoms with Gasteiger partial charge in [0.05, 0.1) is 17.3 Å². The predicted octanol–water partition coefficient (Wildman–Crippen LogP) is 1.67. The summed E-state index contributed by atoms with van der Waals surface area (Å²) in [7, 11) is 0. The van der Waals surface area contributed by atoms with Crippen LogP contribution in [0.1, 0.15) is 26.7 Å². The third-order valence-corrected chi connectivity index (χ3v) is 1.95. The Balaban J connectivity index is 2.83. The molecule has 0 fully saturated rings. The number of esters is 1. The third-order valence-electron chi connectivity index (χ3n) is 1.95. The molecule has 0 amide bonds. The molecule has 0 atom stereocenters. The van der Waals surface area contributed by atoms with E-state index in [4.69, 9.17) is 9.84 Å². The molecule has 15 heavy (non-hydrogen) atoms. The summed E-state index contributed by atoms with van der Waals surface area (Å²) >= 11 is 0. The Morgan fingerprint density at radius 2 is 1.80 bits per heavy atom. The highest BCUT2D eigenvalue weighted by Gasteiger charge is 2.23. The second-order valence-electron chi connectivity index (χ2n) is 3.57. The van der Waals surface area contributed by atoms with Gasteiger partial charge in [-0.05, 0) is 26.7 Å². The SMILES string of the molecule is CC(C)OC(=O)C1=CCCC=C1C(=O)O. The van der Waals surface area contributed by atoms with Gasteiger partial charge in [-0.2, -0.15) is 0 Å². The zero-order valence-corrected chi connectivity index (χ0v) is 8.82. The second-order valence-corrected chi connectivity index (χ2v) is 3.57. The Kier molecular flexibility index (Phi) is 3.66. The van der Waals surface area contributed by atoms with Crippen molar-refractivity contribution < 1.29 is 19.4 Å². The fourth-order valence-electron chi connectivity index (χ4n) is 1.35. The molecule has 0 radical (unpaired) electrons. The first kappa shape index (κ1) is 11.5. The van der Waals surface area contributed by atoms with E-state index in [1.807, 2.05) is 0 Å². The number of aliphatic carboxylic acids is 1. The summed E-state index contributed by atoms with van der Waals surface area (Å²) in [6.45, 7) is 3.46. The summed E-state index contributed by atoms with van der Waals surface area (Å²) in [5.41, 5.74) is 0.217. The smallest absolute Gasteiger partial charge is 0.338 e. The standard InChI is InChI=1S/C11H14O4/c1-7(2)15-11(14)9-6-4-3-5-8(9)10(12)13/h5-7H,3-4H2,1-2H3,(H,12,13). The Morgan fingerprint density at radius 1 is 1.27 bits per heavy atom. The van der Waals surface area contributed by atoms with E-state index in [9.17, 15) is 9.59 Å². The summed E-state index contributed by atoms with van der Waals surface area (Å²) in [6.07, 6.45) is 4.27. The number of rotatable bonds is 3. The highest BCUT2D eigenvalue weighted by atomic mass is 16.5. The third kappa shape index (κ3) is 2.94. The Hall–Kier alpha value is -1.58. The van der Waals surface area contributed by atoms with Crippen LogP contribution in [0.3, 0.4) is 0 Å². The predicted molar refractivity (Wildman–Crippen MR) is 54.3 cm³/mol. The number of ether oxygens (including phenoxy) is 1. The molecule has 1 aliphatic carbocycles. The van der Waals surface area contributed by atoms with Gasteiger partial charge in [0.15, 0.2) is 0 Å². The van der Waals surface area contributed by atoms with E-state index >= 15 is 0 Å². The Labute approximate surface area is 88.2 Å². The van der Waals surface area contributed by atoms with Gasteiger partial charge in [-0.15, -0.1) is 0 Å². The zero-order chi connectivity index (χ0) is 11.4. The molecule has 0 heterocycles. The highest BCUT2D eigenvalue weighted by Crippen LogP contribution is 2.20. The maximum Gasteiger partial charge on any atom is 0.338 e. The molecule has 0 aliphatic heterocycles. The van der Waals surface area contributed by atoms with Crippen molar-refractivity contribution in [3.05, 3.63) is 23.3 Å². The van der Waals surface area contributed by atoms with Gasteiger partial charge in [-0.3, -0.25) is 0 Å². The second kappa shape index (κ2) is 4.77. The monoisotopic (exact) mass is 210 g/mol. The molecule has 0 unspecified atom stereocenters. The minimum atomic E-state index is -1.08. The first-order chi connectivity index (χ1) is 7.02. The molecular weight excluding hydrogens is 196 g/mol. The summed E-state index contributed by atoms with van der Waals surface area (Å²) < 4.78 is 4.96. The first-order valence-corrected chi connectivity index (χ1v) is 4.87. The maximum absolute atomic E-state index is 11.5. The van der Waals surface area contributed by atoms with Crippen molar-refractivity contribution in [3.63, 3.8) is 0 Å². The molecule has 1 rings (SSSR count). The van der Waals surface area contributed by atoms with E-state index in [1.54, 1.807) is 26.0 Å². The average Bonchev–Trinajstić information content (AvgIpc) is 2.16. The first-order valence-electron chi connectivity index (χ1n) is 4.87. The van der Waals surface area contributed by atoms with E-state index in [2.05, 4.69) is 0 Å². The lowest BCUT2D eigenvalue weighted by atomic mass is 9.98. The number of hydrogen-bond donors (Lipinski definition) is 1. The van der Waals surface area contributed by atoms with E-state index in [1.165, 1.54) is 0 Å². The maximum atomic E-state index is 11.5. The lowest BCUT2D eigenvalue weighted by molar-refractivity contribution is -0.143. The summed E-state index contributed by atoms with van der Waals surface area (Å²) in [5.74, 6) is -1.64. The van der Waals surface area contributed by atoms with Crippen molar-refractivity contribution in [3.8, 4) is 0 Å². The van der Waals surface area contributed by atoms with Crippen LogP contribution in [0.15, 0.2) is 23.3 Å². The Bertz CT molecular complexity index is 336. The fraction of sp³-hybridized carbons (Fsp3) is 0.455. The number of carboxylic acid groups (broad SMARTS) is 1. The van der Waals surface area contributed by atoms with Crippen LogP contribution in [0.4, 0.5) is 0 Å². The highest BCUT2D eigenvalue weighted by molar-refractivity contribution is 6.06. The van der Waals surface area contributed by atoms with E-state index in [-0.39, 0.29) is 17.3 Å². The van der Waals surface area contributed by atoms with Gasteiger partial charge in [0, 0.05) is 0 Å². The number of hydrogen-bond acceptors (Lipinski definition) is 3. The number of allylic oxidation sites excluding steroid dienone is 2. The zero-order valence-electron chi connectivity index (χ0n) is 8.82. The largest absolute Gasteiger partial charge is 0.478 e. The van der Waals surface area contributed by atoms with Gasteiger partial charge in [0.25, 0.3) is 0 Å². The lowest BCUT2D eigenvalue weighted by Crippen LogP contribution is -2.19. The molecule has 0 saturated carbocycles. The molecule has 0 bridgehead atoms. The topological polar surface area (TPSA) is 63.6 Å². The molecule has 0 aromatic carbocycles. The quantitative estimate of drug-likeness (QED) is 0.719. The molecule has 0 spiro atoms. The van der Waals surface area contributed by atoms with Crippen molar-refractivity contribution in [2.75, 3.05) is 0 Å². The molecule has 1 N–H and O–H groups in total. The van der Waals surface area contributed by atoms with Gasteiger partial charge in [0.1, 0.15) is 0 Å². The van der Waals surface area contributed by atoms with Crippen molar-refractivity contribution in [2.45, 2.75) is 32.8 Å². The van der Waals surface area contributed by atoms with Crippen molar-refractivity contribution in [2.24, 2.45) is 0 Å². The van der Waals surface area contributed by atoms with Crippen LogP contribution in [0.5, 0.6) is 0 Å². The van der Waals surface area contributed by atoms with Crippen LogP contribution in [0.2, 0.25) is 0 Å². The van der Waals surface area contributed by atoms with E-state index in [0.717, 1.165) is 0 Å². The van der Waals surface area contributed by atoms with Gasteiger partial charge < -0.3 is 9.84 Å². The van der Waals surface area contributed by atoms with E-state index in [0.29, 0.717) is 12.8 Å². The van der Waals surface area contributed by atoms with Crippen LogP contribution in [-0.4, -0.2) is 23.1 Å². The molecule has 82 valence electrons. The van der Waals surface area contributed by atoms with Crippen LogP contribution >= 0.6 is 0 Å². The van der Waals surface area contributed by atoms with Gasteiger partial charge in [-0.25, -0.2) is 9.59 Å². The van der Waals surface area contributed by atoms with Crippen molar-refractivity contribution in [1.82, 2.24) is 0 Å². The van der Waals surface area contributed by atoms with E-state index < -0.39 is 11.9 Å². The molecular formula is C11H14O4. The van der Waals surface area contributed by atoms with Crippen molar-refractivity contribution in [1.29, 1.82) is 0 Å². The number of carbonyl (C=O) groups excluding carboxylic acids is 1. The number of carbonyl (C=O) groups is 2. The summed E-state index contributed by atoms with van der Waals surface area (Å²) in [5, 5.41) is 8.87. The molecule has 4 heteroatoms. The van der Waals surface area contributed by atoms with Crippen LogP contribution in [0.25, 0.3) is 0 Å². The summed E-state index contributed by atoms with van der Waals surface area (Å²) in [6, 6.07) is 0. The van der Waals surface area contributed by atoms with Crippen molar-refractivity contribution >= 4 is 11.9 Å². The van der Waals surface area contributed by atoms with Gasteiger partial charge >= 0.3 is 11.9 Å². The molecule has 0 aromatic rings. The summed E-state index contributed by atoms with van der Waals surface area (Å²) in [4.78, 5) is 22.4.